The normalized spacial score (nSPS) is 10.6. The first kappa shape index (κ1) is 9.09. The number of aliphatic carboxylic acids is 1. The van der Waals surface area contributed by atoms with Gasteiger partial charge in [-0.1, -0.05) is 11.6 Å². The summed E-state index contributed by atoms with van der Waals surface area (Å²) in [5.74, 6) is -0.855. The number of H-pyrrole nitrogens is 1. The highest BCUT2D eigenvalue weighted by Crippen LogP contribution is 2.24. The molecule has 0 bridgehead atoms. The third-order valence-corrected chi connectivity index (χ3v) is 2.35. The molecule has 0 saturated carbocycles. The van der Waals surface area contributed by atoms with Crippen LogP contribution in [0.1, 0.15) is 5.56 Å². The van der Waals surface area contributed by atoms with Crippen molar-refractivity contribution in [3.63, 3.8) is 0 Å². The molecule has 0 fully saturated rings. The number of carboxylic acid groups (broad SMARTS) is 1. The van der Waals surface area contributed by atoms with E-state index in [2.05, 4.69) is 4.98 Å². The summed E-state index contributed by atoms with van der Waals surface area (Å²) in [5, 5.41) is 10.1. The van der Waals surface area contributed by atoms with Gasteiger partial charge in [-0.15, -0.1) is 0 Å². The molecule has 1 heterocycles. The van der Waals surface area contributed by atoms with E-state index >= 15 is 0 Å². The summed E-state index contributed by atoms with van der Waals surface area (Å²) < 4.78 is 0. The Balaban J connectivity index is 2.53. The van der Waals surface area contributed by atoms with Gasteiger partial charge < -0.3 is 10.1 Å². The lowest BCUT2D eigenvalue weighted by Gasteiger charge is -1.99. The van der Waals surface area contributed by atoms with E-state index in [-0.39, 0.29) is 6.42 Å². The van der Waals surface area contributed by atoms with Crippen molar-refractivity contribution in [2.24, 2.45) is 0 Å². The molecule has 0 spiro atoms. The molecule has 2 rings (SSSR count). The monoisotopic (exact) mass is 209 g/mol. The van der Waals surface area contributed by atoms with Crippen molar-refractivity contribution in [2.75, 3.05) is 0 Å². The highest BCUT2D eigenvalue weighted by molar-refractivity contribution is 6.35. The molecule has 0 aliphatic rings. The van der Waals surface area contributed by atoms with Crippen molar-refractivity contribution in [3.05, 3.63) is 35.0 Å². The van der Waals surface area contributed by atoms with E-state index in [1.165, 1.54) is 0 Å². The second kappa shape index (κ2) is 3.35. The second-order valence-corrected chi connectivity index (χ2v) is 3.49. The van der Waals surface area contributed by atoms with Crippen molar-refractivity contribution in [1.29, 1.82) is 0 Å². The van der Waals surface area contributed by atoms with Gasteiger partial charge in [-0.05, 0) is 23.8 Å². The zero-order chi connectivity index (χ0) is 10.1. The first-order valence-corrected chi connectivity index (χ1v) is 4.52. The first-order valence-electron chi connectivity index (χ1n) is 4.14. The molecule has 0 atom stereocenters. The smallest absolute Gasteiger partial charge is 0.307 e. The van der Waals surface area contributed by atoms with Gasteiger partial charge in [0, 0.05) is 17.1 Å². The average molecular weight is 210 g/mol. The van der Waals surface area contributed by atoms with Crippen LogP contribution >= 0.6 is 11.6 Å². The van der Waals surface area contributed by atoms with Gasteiger partial charge in [0.2, 0.25) is 0 Å². The van der Waals surface area contributed by atoms with Crippen LogP contribution in [0.3, 0.4) is 0 Å². The minimum atomic E-state index is -0.855. The first-order chi connectivity index (χ1) is 6.66. The molecule has 0 amide bonds. The number of aromatic amines is 1. The predicted molar refractivity (Wildman–Crippen MR) is 54.6 cm³/mol. The van der Waals surface area contributed by atoms with E-state index in [1.54, 1.807) is 18.3 Å². The summed E-state index contributed by atoms with van der Waals surface area (Å²) >= 11 is 5.97. The average Bonchev–Trinajstić information content (AvgIpc) is 2.50. The van der Waals surface area contributed by atoms with Crippen LogP contribution in [-0.4, -0.2) is 16.1 Å². The van der Waals surface area contributed by atoms with Gasteiger partial charge in [0.05, 0.1) is 11.4 Å². The minimum Gasteiger partial charge on any atom is -0.481 e. The third kappa shape index (κ3) is 1.59. The standard InChI is InChI=1S/C10H8ClNO2/c11-8-3-6(5-10(13)14)4-9-7(8)1-2-12-9/h1-4,12H,5H2,(H,13,14). The van der Waals surface area contributed by atoms with Crippen LogP contribution in [-0.2, 0) is 11.2 Å². The summed E-state index contributed by atoms with van der Waals surface area (Å²) in [6, 6.07) is 5.35. The van der Waals surface area contributed by atoms with Gasteiger partial charge in [0.25, 0.3) is 0 Å². The SMILES string of the molecule is O=C(O)Cc1cc(Cl)c2cc[nH]c2c1. The summed E-state index contributed by atoms with van der Waals surface area (Å²) in [6.45, 7) is 0. The summed E-state index contributed by atoms with van der Waals surface area (Å²) in [6.07, 6.45) is 1.77. The number of hydrogen-bond donors (Lipinski definition) is 2. The molecular weight excluding hydrogens is 202 g/mol. The van der Waals surface area contributed by atoms with Crippen LogP contribution < -0.4 is 0 Å². The van der Waals surface area contributed by atoms with Crippen LogP contribution in [0.4, 0.5) is 0 Å². The lowest BCUT2D eigenvalue weighted by molar-refractivity contribution is -0.136. The van der Waals surface area contributed by atoms with Crippen LogP contribution in [0.5, 0.6) is 0 Å². The summed E-state index contributed by atoms with van der Waals surface area (Å²) in [4.78, 5) is 13.5. The molecule has 2 aromatic rings. The summed E-state index contributed by atoms with van der Waals surface area (Å²) in [5.41, 5.74) is 1.58. The number of hydrogen-bond acceptors (Lipinski definition) is 1. The Morgan fingerprint density at radius 2 is 2.29 bits per heavy atom. The van der Waals surface area contributed by atoms with Gasteiger partial charge >= 0.3 is 5.97 Å². The molecule has 0 aliphatic carbocycles. The van der Waals surface area contributed by atoms with E-state index in [4.69, 9.17) is 16.7 Å². The number of aromatic nitrogens is 1. The molecule has 0 saturated heterocycles. The van der Waals surface area contributed by atoms with Gasteiger partial charge in [-0.3, -0.25) is 4.79 Å². The Morgan fingerprint density at radius 1 is 1.50 bits per heavy atom. The fourth-order valence-electron chi connectivity index (χ4n) is 1.45. The second-order valence-electron chi connectivity index (χ2n) is 3.09. The predicted octanol–water partition coefficient (Wildman–Crippen LogP) is 2.45. The Morgan fingerprint density at radius 3 is 3.00 bits per heavy atom. The van der Waals surface area contributed by atoms with E-state index in [1.807, 2.05) is 6.07 Å². The zero-order valence-corrected chi connectivity index (χ0v) is 8.01. The van der Waals surface area contributed by atoms with Gasteiger partial charge in [-0.25, -0.2) is 0 Å². The van der Waals surface area contributed by atoms with Gasteiger partial charge in [0.1, 0.15) is 0 Å². The van der Waals surface area contributed by atoms with Crippen LogP contribution in [0.15, 0.2) is 24.4 Å². The molecule has 0 aliphatic heterocycles. The molecule has 0 radical (unpaired) electrons. The lowest BCUT2D eigenvalue weighted by atomic mass is 10.1. The highest BCUT2D eigenvalue weighted by atomic mass is 35.5. The van der Waals surface area contributed by atoms with Crippen molar-refractivity contribution in [3.8, 4) is 0 Å². The minimum absolute atomic E-state index is 0.00528. The highest BCUT2D eigenvalue weighted by Gasteiger charge is 2.05. The molecule has 4 heteroatoms. The van der Waals surface area contributed by atoms with Crippen molar-refractivity contribution < 1.29 is 9.90 Å². The molecule has 0 unspecified atom stereocenters. The number of carbonyl (C=O) groups is 1. The molecule has 2 N–H and O–H groups in total. The Bertz CT molecular complexity index is 490. The largest absolute Gasteiger partial charge is 0.481 e. The van der Waals surface area contributed by atoms with E-state index in [0.717, 1.165) is 10.9 Å². The van der Waals surface area contributed by atoms with Crippen LogP contribution in [0.2, 0.25) is 5.02 Å². The maximum Gasteiger partial charge on any atom is 0.307 e. The van der Waals surface area contributed by atoms with Gasteiger partial charge in [-0.2, -0.15) is 0 Å². The number of carboxylic acids is 1. The molecular formula is C10H8ClNO2. The van der Waals surface area contributed by atoms with E-state index in [0.29, 0.717) is 10.6 Å². The number of halogens is 1. The molecule has 3 nitrogen and oxygen atoms in total. The third-order valence-electron chi connectivity index (χ3n) is 2.03. The van der Waals surface area contributed by atoms with E-state index < -0.39 is 5.97 Å². The van der Waals surface area contributed by atoms with E-state index in [9.17, 15) is 4.79 Å². The molecule has 1 aromatic heterocycles. The zero-order valence-electron chi connectivity index (χ0n) is 7.25. The Hall–Kier alpha value is -1.48. The Kier molecular flexibility index (Phi) is 2.17. The number of fused-ring (bicyclic) bond motifs is 1. The van der Waals surface area contributed by atoms with Crippen molar-refractivity contribution in [1.82, 2.24) is 4.98 Å². The topological polar surface area (TPSA) is 53.1 Å². The molecule has 1 aromatic carbocycles. The van der Waals surface area contributed by atoms with Crippen LogP contribution in [0.25, 0.3) is 10.9 Å². The summed E-state index contributed by atoms with van der Waals surface area (Å²) in [7, 11) is 0. The van der Waals surface area contributed by atoms with Gasteiger partial charge in [0.15, 0.2) is 0 Å². The van der Waals surface area contributed by atoms with Crippen molar-refractivity contribution >= 4 is 28.5 Å². The Labute approximate surface area is 85.3 Å². The van der Waals surface area contributed by atoms with Crippen molar-refractivity contribution in [2.45, 2.75) is 6.42 Å². The maximum absolute atomic E-state index is 10.5. The fraction of sp³-hybridized carbons (Fsp3) is 0.100. The number of nitrogens with one attached hydrogen (secondary N) is 1. The fourth-order valence-corrected chi connectivity index (χ4v) is 1.76. The maximum atomic E-state index is 10.5. The molecule has 14 heavy (non-hydrogen) atoms. The lowest BCUT2D eigenvalue weighted by Crippen LogP contribution is -1.99. The molecule has 72 valence electrons. The number of rotatable bonds is 2. The quantitative estimate of drug-likeness (QED) is 0.798. The number of benzene rings is 1. The van der Waals surface area contributed by atoms with Crippen LogP contribution in [0, 0.1) is 0 Å².